The molecule has 2 atom stereocenters. The lowest BCUT2D eigenvalue weighted by molar-refractivity contribution is -0.137. The van der Waals surface area contributed by atoms with Crippen molar-refractivity contribution in [3.05, 3.63) is 59.7 Å². The molecule has 7 heteroatoms. The van der Waals surface area contributed by atoms with E-state index >= 15 is 0 Å². The van der Waals surface area contributed by atoms with Crippen molar-refractivity contribution < 1.29 is 22.6 Å². The van der Waals surface area contributed by atoms with Gasteiger partial charge in [-0.05, 0) is 48.9 Å². The first-order chi connectivity index (χ1) is 12.8. The second-order valence-electron chi connectivity index (χ2n) is 6.71. The minimum Gasteiger partial charge on any atom is -0.492 e. The highest BCUT2D eigenvalue weighted by molar-refractivity contribution is 5.41. The van der Waals surface area contributed by atoms with Gasteiger partial charge in [0.15, 0.2) is 0 Å². The Kier molecular flexibility index (Phi) is 5.92. The molecule has 2 aromatic rings. The minimum atomic E-state index is -4.36. The summed E-state index contributed by atoms with van der Waals surface area (Å²) in [6.07, 6.45) is -4.75. The Morgan fingerprint density at radius 2 is 1.96 bits per heavy atom. The van der Waals surface area contributed by atoms with Crippen LogP contribution in [0.4, 0.5) is 18.9 Å². The molecule has 27 heavy (non-hydrogen) atoms. The zero-order valence-corrected chi connectivity index (χ0v) is 15.1. The Morgan fingerprint density at radius 3 is 2.67 bits per heavy atom. The number of nitrogens with two attached hydrogens (primary N) is 1. The average molecular weight is 380 g/mol. The summed E-state index contributed by atoms with van der Waals surface area (Å²) in [4.78, 5) is 2.17. The van der Waals surface area contributed by atoms with Crippen LogP contribution in [-0.4, -0.2) is 37.2 Å². The van der Waals surface area contributed by atoms with Crippen molar-refractivity contribution in [1.82, 2.24) is 4.90 Å². The van der Waals surface area contributed by atoms with Gasteiger partial charge in [-0.2, -0.15) is 13.2 Å². The quantitative estimate of drug-likeness (QED) is 0.793. The highest BCUT2D eigenvalue weighted by Gasteiger charge is 2.32. The molecule has 3 rings (SSSR count). The Morgan fingerprint density at radius 1 is 1.22 bits per heavy atom. The smallest absolute Gasteiger partial charge is 0.416 e. The zero-order valence-electron chi connectivity index (χ0n) is 15.1. The number of anilines is 1. The van der Waals surface area contributed by atoms with E-state index in [1.807, 2.05) is 19.1 Å². The van der Waals surface area contributed by atoms with Crippen LogP contribution in [0.25, 0.3) is 0 Å². The first-order valence-corrected chi connectivity index (χ1v) is 8.84. The number of benzene rings is 2. The van der Waals surface area contributed by atoms with Gasteiger partial charge in [0, 0.05) is 24.8 Å². The van der Waals surface area contributed by atoms with Gasteiger partial charge >= 0.3 is 6.18 Å². The van der Waals surface area contributed by atoms with Gasteiger partial charge in [-0.3, -0.25) is 4.90 Å². The molecule has 2 unspecified atom stereocenters. The molecule has 0 bridgehead atoms. The van der Waals surface area contributed by atoms with Gasteiger partial charge in [0.1, 0.15) is 12.4 Å². The van der Waals surface area contributed by atoms with Crippen LogP contribution in [0.3, 0.4) is 0 Å². The molecule has 1 fully saturated rings. The summed E-state index contributed by atoms with van der Waals surface area (Å²) in [5.41, 5.74) is 6.22. The molecule has 0 amide bonds. The van der Waals surface area contributed by atoms with Crippen LogP contribution in [0.2, 0.25) is 0 Å². The number of ether oxygens (including phenoxy) is 2. The van der Waals surface area contributed by atoms with Gasteiger partial charge in [0.05, 0.1) is 18.3 Å². The summed E-state index contributed by atoms with van der Waals surface area (Å²) < 4.78 is 50.4. The number of nitrogens with zero attached hydrogens (tertiary/aromatic N) is 1. The Bertz CT molecular complexity index is 750. The topological polar surface area (TPSA) is 47.7 Å². The molecule has 0 aliphatic carbocycles. The summed E-state index contributed by atoms with van der Waals surface area (Å²) >= 11 is 0. The van der Waals surface area contributed by atoms with E-state index in [-0.39, 0.29) is 12.1 Å². The number of hydrogen-bond acceptors (Lipinski definition) is 4. The third-order valence-corrected chi connectivity index (χ3v) is 4.68. The van der Waals surface area contributed by atoms with Crippen LogP contribution in [-0.2, 0) is 10.9 Å². The number of morpholine rings is 1. The normalized spacial score (nSPS) is 19.6. The third-order valence-electron chi connectivity index (χ3n) is 4.68. The van der Waals surface area contributed by atoms with Crippen molar-refractivity contribution in [2.45, 2.75) is 25.2 Å². The van der Waals surface area contributed by atoms with Crippen molar-refractivity contribution in [3.8, 4) is 5.75 Å². The lowest BCUT2D eigenvalue weighted by Gasteiger charge is -2.37. The number of halogens is 3. The molecule has 0 spiro atoms. The minimum absolute atomic E-state index is 0.0970. The van der Waals surface area contributed by atoms with E-state index in [1.165, 1.54) is 12.1 Å². The number of rotatable bonds is 5. The second kappa shape index (κ2) is 8.19. The Hall–Kier alpha value is -2.25. The van der Waals surface area contributed by atoms with Crippen molar-refractivity contribution in [1.29, 1.82) is 0 Å². The Balaban J connectivity index is 1.61. The lowest BCUT2D eigenvalue weighted by Crippen LogP contribution is -2.45. The molecule has 0 aromatic heterocycles. The molecular formula is C20H23F3N2O2. The summed E-state index contributed by atoms with van der Waals surface area (Å²) in [7, 11) is 0. The van der Waals surface area contributed by atoms with Gasteiger partial charge in [0.2, 0.25) is 0 Å². The summed E-state index contributed by atoms with van der Waals surface area (Å²) in [5, 5.41) is 0. The van der Waals surface area contributed by atoms with Gasteiger partial charge in [-0.1, -0.05) is 12.1 Å². The van der Waals surface area contributed by atoms with Crippen LogP contribution in [0.15, 0.2) is 48.5 Å². The maximum atomic E-state index is 13.0. The highest BCUT2D eigenvalue weighted by atomic mass is 19.4. The van der Waals surface area contributed by atoms with E-state index in [2.05, 4.69) is 4.90 Å². The average Bonchev–Trinajstić information content (AvgIpc) is 2.67. The maximum Gasteiger partial charge on any atom is 0.416 e. The molecule has 1 heterocycles. The van der Waals surface area contributed by atoms with Crippen LogP contribution >= 0.6 is 0 Å². The third kappa shape index (κ3) is 5.14. The number of hydrogen-bond donors (Lipinski definition) is 1. The van der Waals surface area contributed by atoms with Crippen molar-refractivity contribution in [3.63, 3.8) is 0 Å². The fourth-order valence-corrected chi connectivity index (χ4v) is 3.07. The SMILES string of the molecule is CC(COc1ccc(N)cc1)N1CCOC(c2cccc(C(F)(F)F)c2)C1. The largest absolute Gasteiger partial charge is 0.492 e. The molecule has 2 aromatic carbocycles. The molecule has 1 saturated heterocycles. The molecular weight excluding hydrogens is 357 g/mol. The van der Waals surface area contributed by atoms with Crippen LogP contribution < -0.4 is 10.5 Å². The lowest BCUT2D eigenvalue weighted by atomic mass is 10.0. The van der Waals surface area contributed by atoms with Gasteiger partial charge in [0.25, 0.3) is 0 Å². The summed E-state index contributed by atoms with van der Waals surface area (Å²) in [6.45, 7) is 4.20. The monoisotopic (exact) mass is 380 g/mol. The molecule has 0 saturated carbocycles. The van der Waals surface area contributed by atoms with Crippen LogP contribution in [0, 0.1) is 0 Å². The molecule has 146 valence electrons. The van der Waals surface area contributed by atoms with Crippen molar-refractivity contribution >= 4 is 5.69 Å². The molecule has 0 radical (unpaired) electrons. The van der Waals surface area contributed by atoms with E-state index in [0.717, 1.165) is 11.8 Å². The van der Waals surface area contributed by atoms with E-state index in [9.17, 15) is 13.2 Å². The first-order valence-electron chi connectivity index (χ1n) is 8.84. The first kappa shape index (κ1) is 19.5. The van der Waals surface area contributed by atoms with Crippen molar-refractivity contribution in [2.75, 3.05) is 32.0 Å². The maximum absolute atomic E-state index is 13.0. The van der Waals surface area contributed by atoms with Gasteiger partial charge in [-0.15, -0.1) is 0 Å². The molecule has 2 N–H and O–H groups in total. The second-order valence-corrected chi connectivity index (χ2v) is 6.71. The molecule has 4 nitrogen and oxygen atoms in total. The van der Waals surface area contributed by atoms with E-state index < -0.39 is 11.7 Å². The highest BCUT2D eigenvalue weighted by Crippen LogP contribution is 2.32. The van der Waals surface area contributed by atoms with Crippen LogP contribution in [0.5, 0.6) is 5.75 Å². The fourth-order valence-electron chi connectivity index (χ4n) is 3.07. The van der Waals surface area contributed by atoms with E-state index in [4.69, 9.17) is 15.2 Å². The standard InChI is InChI=1S/C20H23F3N2O2/c1-14(13-27-18-7-5-17(24)6-8-18)25-9-10-26-19(12-25)15-3-2-4-16(11-15)20(21,22)23/h2-8,11,14,19H,9-10,12-13,24H2,1H3. The predicted molar refractivity (Wildman–Crippen MR) is 97.5 cm³/mol. The number of alkyl halides is 3. The van der Waals surface area contributed by atoms with Crippen LogP contribution in [0.1, 0.15) is 24.2 Å². The zero-order chi connectivity index (χ0) is 19.4. The van der Waals surface area contributed by atoms with Gasteiger partial charge in [-0.25, -0.2) is 0 Å². The number of nitrogen functional groups attached to an aromatic ring is 1. The molecule has 1 aliphatic heterocycles. The fraction of sp³-hybridized carbons (Fsp3) is 0.400. The predicted octanol–water partition coefficient (Wildman–Crippen LogP) is 4.13. The summed E-state index contributed by atoms with van der Waals surface area (Å²) in [5.74, 6) is 0.735. The van der Waals surface area contributed by atoms with E-state index in [1.54, 1.807) is 18.2 Å². The van der Waals surface area contributed by atoms with Crippen molar-refractivity contribution in [2.24, 2.45) is 0 Å². The Labute approximate surface area is 156 Å². The summed E-state index contributed by atoms with van der Waals surface area (Å²) in [6, 6.07) is 12.6. The molecule has 1 aliphatic rings. The van der Waals surface area contributed by atoms with Gasteiger partial charge < -0.3 is 15.2 Å². The van der Waals surface area contributed by atoms with E-state index in [0.29, 0.717) is 37.6 Å².